The lowest BCUT2D eigenvalue weighted by Gasteiger charge is -2.14. The Hall–Kier alpha value is -1.59. The Morgan fingerprint density at radius 3 is 1.73 bits per heavy atom. The summed E-state index contributed by atoms with van der Waals surface area (Å²) < 4.78 is 4.51. The van der Waals surface area contributed by atoms with Gasteiger partial charge in [-0.2, -0.15) is 0 Å². The number of rotatable bonds is 17. The van der Waals surface area contributed by atoms with Crippen molar-refractivity contribution in [1.29, 1.82) is 0 Å². The van der Waals surface area contributed by atoms with E-state index in [-0.39, 0.29) is 5.91 Å². The molecule has 1 amide bonds. The number of carbonyl (C=O) groups excluding carboxylic acids is 2. The van der Waals surface area contributed by atoms with E-state index < -0.39 is 24.4 Å². The van der Waals surface area contributed by atoms with Gasteiger partial charge in [0.25, 0.3) is 0 Å². The van der Waals surface area contributed by atoms with Gasteiger partial charge in [0.1, 0.15) is 6.04 Å². The summed E-state index contributed by atoms with van der Waals surface area (Å²) >= 11 is 0. The number of carboxylic acids is 1. The number of aliphatic carboxylic acids is 1. The Labute approximate surface area is 158 Å². The van der Waals surface area contributed by atoms with Crippen LogP contribution in [0.1, 0.15) is 96.8 Å². The predicted molar refractivity (Wildman–Crippen MR) is 102 cm³/mol. The number of nitrogens with one attached hydrogen (secondary N) is 1. The van der Waals surface area contributed by atoms with Crippen molar-refractivity contribution in [2.75, 3.05) is 7.11 Å². The zero-order valence-electron chi connectivity index (χ0n) is 16.6. The van der Waals surface area contributed by atoms with Crippen LogP contribution < -0.4 is 5.32 Å². The number of ether oxygens (including phenoxy) is 1. The van der Waals surface area contributed by atoms with E-state index in [9.17, 15) is 14.4 Å². The van der Waals surface area contributed by atoms with E-state index in [1.54, 1.807) is 0 Å². The summed E-state index contributed by atoms with van der Waals surface area (Å²) in [7, 11) is 1.18. The average molecular weight is 372 g/mol. The molecule has 0 aliphatic rings. The van der Waals surface area contributed by atoms with Crippen molar-refractivity contribution in [2.45, 2.75) is 103 Å². The lowest BCUT2D eigenvalue weighted by molar-refractivity contribution is -0.149. The number of unbranched alkanes of at least 4 members (excludes halogenated alkanes) is 11. The number of carbonyl (C=O) groups is 3. The Morgan fingerprint density at radius 1 is 0.846 bits per heavy atom. The molecule has 1 atom stereocenters. The minimum absolute atomic E-state index is 0.297. The summed E-state index contributed by atoms with van der Waals surface area (Å²) in [6, 6.07) is -1.11. The van der Waals surface area contributed by atoms with Crippen molar-refractivity contribution in [3.8, 4) is 0 Å². The largest absolute Gasteiger partial charge is 0.481 e. The summed E-state index contributed by atoms with van der Waals surface area (Å²) in [5, 5.41) is 11.2. The van der Waals surface area contributed by atoms with Gasteiger partial charge in [0.05, 0.1) is 13.5 Å². The van der Waals surface area contributed by atoms with E-state index in [2.05, 4.69) is 17.0 Å². The third-order valence-corrected chi connectivity index (χ3v) is 4.46. The summed E-state index contributed by atoms with van der Waals surface area (Å²) in [6.45, 7) is 2.23. The number of esters is 1. The Balaban J connectivity index is 3.60. The number of hydrogen-bond donors (Lipinski definition) is 2. The molecule has 26 heavy (non-hydrogen) atoms. The molecule has 0 radical (unpaired) electrons. The van der Waals surface area contributed by atoms with Crippen LogP contribution in [0.2, 0.25) is 0 Å². The molecule has 0 saturated carbocycles. The monoisotopic (exact) mass is 371 g/mol. The fourth-order valence-corrected chi connectivity index (χ4v) is 2.90. The molecule has 152 valence electrons. The second kappa shape index (κ2) is 16.9. The molecule has 0 aromatic rings. The van der Waals surface area contributed by atoms with Gasteiger partial charge in [-0.05, 0) is 6.42 Å². The molecule has 0 spiro atoms. The molecule has 0 unspecified atom stereocenters. The highest BCUT2D eigenvalue weighted by Crippen LogP contribution is 2.12. The van der Waals surface area contributed by atoms with Gasteiger partial charge in [-0.1, -0.05) is 77.6 Å². The van der Waals surface area contributed by atoms with Crippen molar-refractivity contribution in [2.24, 2.45) is 0 Å². The zero-order chi connectivity index (χ0) is 19.6. The second-order valence-corrected chi connectivity index (χ2v) is 6.88. The molecule has 0 saturated heterocycles. The van der Waals surface area contributed by atoms with Crippen molar-refractivity contribution in [3.05, 3.63) is 0 Å². The Morgan fingerprint density at radius 2 is 1.31 bits per heavy atom. The highest BCUT2D eigenvalue weighted by molar-refractivity contribution is 5.87. The standard InChI is InChI=1S/C20H37NO5/c1-3-4-5-6-7-8-9-10-11-12-13-14-15-18(22)21-17(16-19(23)24)20(25)26-2/h17H,3-16H2,1-2H3,(H,21,22)(H,23,24)/t17-/m0/s1. The minimum atomic E-state index is -1.15. The van der Waals surface area contributed by atoms with E-state index in [0.717, 1.165) is 19.3 Å². The Bertz CT molecular complexity index is 398. The first-order valence-corrected chi connectivity index (χ1v) is 10.1. The molecule has 0 aromatic carbocycles. The maximum atomic E-state index is 11.8. The molecule has 0 rings (SSSR count). The maximum Gasteiger partial charge on any atom is 0.328 e. The van der Waals surface area contributed by atoms with Gasteiger partial charge in [-0.3, -0.25) is 9.59 Å². The van der Waals surface area contributed by atoms with Crippen molar-refractivity contribution >= 4 is 17.8 Å². The molecule has 6 nitrogen and oxygen atoms in total. The molecule has 0 bridgehead atoms. The summed E-state index contributed by atoms with van der Waals surface area (Å²) in [5.41, 5.74) is 0. The zero-order valence-corrected chi connectivity index (χ0v) is 16.6. The first kappa shape index (κ1) is 24.4. The third kappa shape index (κ3) is 14.7. The summed E-state index contributed by atoms with van der Waals surface area (Å²) in [4.78, 5) is 34.0. The van der Waals surface area contributed by atoms with Crippen molar-refractivity contribution in [1.82, 2.24) is 5.32 Å². The quantitative estimate of drug-likeness (QED) is 0.295. The topological polar surface area (TPSA) is 92.7 Å². The number of methoxy groups -OCH3 is 1. The lowest BCUT2D eigenvalue weighted by Crippen LogP contribution is -2.42. The summed E-state index contributed by atoms with van der Waals surface area (Å²) in [6.07, 6.45) is 14.5. The minimum Gasteiger partial charge on any atom is -0.481 e. The van der Waals surface area contributed by atoms with Gasteiger partial charge in [-0.15, -0.1) is 0 Å². The normalized spacial score (nSPS) is 11.8. The van der Waals surface area contributed by atoms with Gasteiger partial charge in [0.15, 0.2) is 0 Å². The molecule has 2 N–H and O–H groups in total. The molecular formula is C20H37NO5. The van der Waals surface area contributed by atoms with Crippen LogP contribution in [-0.4, -0.2) is 36.1 Å². The van der Waals surface area contributed by atoms with E-state index >= 15 is 0 Å². The maximum absolute atomic E-state index is 11.8. The van der Waals surface area contributed by atoms with Crippen LogP contribution >= 0.6 is 0 Å². The molecule has 6 heteroatoms. The molecular weight excluding hydrogens is 334 g/mol. The third-order valence-electron chi connectivity index (χ3n) is 4.46. The fourth-order valence-electron chi connectivity index (χ4n) is 2.90. The average Bonchev–Trinajstić information content (AvgIpc) is 2.61. The van der Waals surface area contributed by atoms with Gasteiger partial charge < -0.3 is 15.2 Å². The van der Waals surface area contributed by atoms with E-state index in [0.29, 0.717) is 6.42 Å². The highest BCUT2D eigenvalue weighted by atomic mass is 16.5. The molecule has 0 aromatic heterocycles. The Kier molecular flexibility index (Phi) is 15.8. The molecule has 0 aliphatic carbocycles. The van der Waals surface area contributed by atoms with E-state index in [1.165, 1.54) is 64.9 Å². The molecule has 0 fully saturated rings. The smallest absolute Gasteiger partial charge is 0.328 e. The van der Waals surface area contributed by atoms with Crippen LogP contribution in [0.25, 0.3) is 0 Å². The van der Waals surface area contributed by atoms with Crippen LogP contribution in [0.3, 0.4) is 0 Å². The van der Waals surface area contributed by atoms with Crippen LogP contribution in [0.15, 0.2) is 0 Å². The summed E-state index contributed by atoms with van der Waals surface area (Å²) in [5.74, 6) is -2.17. The van der Waals surface area contributed by atoms with Gasteiger partial charge in [0.2, 0.25) is 5.91 Å². The number of amides is 1. The molecule has 0 heterocycles. The fraction of sp³-hybridized carbons (Fsp3) is 0.850. The SMILES string of the molecule is CCCCCCCCCCCCCCC(=O)N[C@@H](CC(=O)O)C(=O)OC. The number of carboxylic acid groups (broad SMARTS) is 1. The number of hydrogen-bond acceptors (Lipinski definition) is 4. The first-order chi connectivity index (χ1) is 12.5. The van der Waals surface area contributed by atoms with Crippen LogP contribution in [0, 0.1) is 0 Å². The van der Waals surface area contributed by atoms with Crippen LogP contribution in [0.5, 0.6) is 0 Å². The van der Waals surface area contributed by atoms with Gasteiger partial charge in [0, 0.05) is 6.42 Å². The first-order valence-electron chi connectivity index (χ1n) is 10.1. The molecule has 0 aliphatic heterocycles. The van der Waals surface area contributed by atoms with E-state index in [4.69, 9.17) is 5.11 Å². The van der Waals surface area contributed by atoms with Crippen LogP contribution in [-0.2, 0) is 19.1 Å². The highest BCUT2D eigenvalue weighted by Gasteiger charge is 2.24. The van der Waals surface area contributed by atoms with Crippen molar-refractivity contribution in [3.63, 3.8) is 0 Å². The van der Waals surface area contributed by atoms with E-state index in [1.807, 2.05) is 0 Å². The predicted octanol–water partition coefficient (Wildman–Crippen LogP) is 4.21. The van der Waals surface area contributed by atoms with Crippen molar-refractivity contribution < 1.29 is 24.2 Å². The van der Waals surface area contributed by atoms with Gasteiger partial charge >= 0.3 is 11.9 Å². The second-order valence-electron chi connectivity index (χ2n) is 6.88. The van der Waals surface area contributed by atoms with Gasteiger partial charge in [-0.25, -0.2) is 4.79 Å². The van der Waals surface area contributed by atoms with Crippen LogP contribution in [0.4, 0.5) is 0 Å². The lowest BCUT2D eigenvalue weighted by atomic mass is 10.0.